The van der Waals surface area contributed by atoms with Crippen LogP contribution in [0.4, 0.5) is 0 Å². The molecule has 1 aliphatic rings. The molecule has 9 heteroatoms. The number of quaternary nitrogens is 1. The number of rotatable bonds is 4. The molecule has 1 atom stereocenters. The van der Waals surface area contributed by atoms with Gasteiger partial charge in [0, 0.05) is 5.56 Å². The number of furan rings is 1. The Morgan fingerprint density at radius 3 is 2.71 bits per heavy atom. The number of nitrogens with one attached hydrogen (secondary N) is 1. The van der Waals surface area contributed by atoms with E-state index in [1.54, 1.807) is 18.4 Å². The smallest absolute Gasteiger partial charge is 0.235 e. The Hall–Kier alpha value is -2.39. The molecule has 0 unspecified atom stereocenters. The van der Waals surface area contributed by atoms with Crippen molar-refractivity contribution >= 4 is 27.9 Å². The minimum Gasteiger partial charge on any atom is -0.492 e. The molecule has 1 aromatic carbocycles. The second-order valence-electron chi connectivity index (χ2n) is 6.62. The summed E-state index contributed by atoms with van der Waals surface area (Å²) in [6.07, 6.45) is 1.57. The predicted octanol–water partition coefficient (Wildman–Crippen LogP) is 2.41. The highest BCUT2D eigenvalue weighted by Crippen LogP contribution is 2.37. The van der Waals surface area contributed by atoms with E-state index in [-0.39, 0.29) is 11.9 Å². The van der Waals surface area contributed by atoms with Crippen molar-refractivity contribution in [3.05, 3.63) is 58.1 Å². The normalized spacial score (nSPS) is 16.6. The molecule has 0 spiro atoms. The Bertz CT molecular complexity index is 1100. The zero-order valence-electron chi connectivity index (χ0n) is 14.8. The van der Waals surface area contributed by atoms with E-state index in [1.807, 2.05) is 24.3 Å². The van der Waals surface area contributed by atoms with Crippen molar-refractivity contribution < 1.29 is 19.2 Å². The van der Waals surface area contributed by atoms with E-state index >= 15 is 0 Å². The third-order valence-electron chi connectivity index (χ3n) is 4.96. The molecule has 1 fully saturated rings. The molecular weight excluding hydrogens is 400 g/mol. The third kappa shape index (κ3) is 2.98. The van der Waals surface area contributed by atoms with E-state index in [0.29, 0.717) is 34.8 Å². The van der Waals surface area contributed by atoms with Crippen LogP contribution >= 0.6 is 22.9 Å². The summed E-state index contributed by atoms with van der Waals surface area (Å²) in [4.78, 5) is 7.24. The summed E-state index contributed by atoms with van der Waals surface area (Å²) in [6, 6.07) is 11.2. The topological polar surface area (TPSA) is 77.2 Å². The summed E-state index contributed by atoms with van der Waals surface area (Å²) >= 11 is 7.96. The molecule has 0 aliphatic carbocycles. The van der Waals surface area contributed by atoms with E-state index in [4.69, 9.17) is 20.8 Å². The van der Waals surface area contributed by atoms with E-state index in [1.165, 1.54) is 20.8 Å². The molecule has 0 saturated carbocycles. The van der Waals surface area contributed by atoms with Gasteiger partial charge in [-0.05, 0) is 18.2 Å². The standard InChI is InChI=1S/C19H17ClN4O3S/c20-13-5-2-1-4-12(13)15(23-7-10-26-11-8-23)16-18(25)24-19(28-16)21-17(22-24)14-6-3-9-27-14/h1-6,9,15,25H,7-8,10-11H2/p+1/t15-/m0/s1. The highest BCUT2D eigenvalue weighted by atomic mass is 35.5. The number of hydrogen-bond acceptors (Lipinski definition) is 6. The first-order valence-electron chi connectivity index (χ1n) is 9.01. The van der Waals surface area contributed by atoms with E-state index in [9.17, 15) is 5.11 Å². The molecule has 28 heavy (non-hydrogen) atoms. The first-order chi connectivity index (χ1) is 13.7. The number of ether oxygens (including phenoxy) is 1. The van der Waals surface area contributed by atoms with Gasteiger partial charge in [-0.3, -0.25) is 0 Å². The molecule has 3 aromatic heterocycles. The lowest BCUT2D eigenvalue weighted by molar-refractivity contribution is -0.932. The molecular formula is C19H18ClN4O3S+. The fourth-order valence-electron chi connectivity index (χ4n) is 3.63. The van der Waals surface area contributed by atoms with E-state index < -0.39 is 0 Å². The average Bonchev–Trinajstić information content (AvgIpc) is 3.43. The summed E-state index contributed by atoms with van der Waals surface area (Å²) in [5.41, 5.74) is 0.979. The van der Waals surface area contributed by atoms with E-state index in [0.717, 1.165) is 23.5 Å². The van der Waals surface area contributed by atoms with Crippen molar-refractivity contribution in [2.45, 2.75) is 6.04 Å². The molecule has 1 saturated heterocycles. The lowest BCUT2D eigenvalue weighted by Gasteiger charge is -2.31. The SMILES string of the molecule is Oc1c([C@H](c2ccccc2Cl)[NH+]2CCOCC2)sc2nc(-c3ccco3)nn12. The molecule has 1 aliphatic heterocycles. The molecule has 144 valence electrons. The number of aromatic nitrogens is 3. The maximum Gasteiger partial charge on any atom is 0.235 e. The van der Waals surface area contributed by atoms with Crippen molar-refractivity contribution in [3.63, 3.8) is 0 Å². The van der Waals surface area contributed by atoms with Crippen molar-refractivity contribution in [2.24, 2.45) is 0 Å². The molecule has 4 aromatic rings. The molecule has 0 bridgehead atoms. The second-order valence-corrected chi connectivity index (χ2v) is 8.04. The number of fused-ring (bicyclic) bond motifs is 1. The largest absolute Gasteiger partial charge is 0.492 e. The van der Waals surface area contributed by atoms with Crippen LogP contribution in [0.3, 0.4) is 0 Å². The summed E-state index contributed by atoms with van der Waals surface area (Å²) in [6.45, 7) is 3.03. The van der Waals surface area contributed by atoms with Gasteiger partial charge in [-0.15, -0.1) is 5.10 Å². The minimum atomic E-state index is -0.113. The Balaban J connectivity index is 1.62. The van der Waals surface area contributed by atoms with Crippen LogP contribution in [0.25, 0.3) is 16.5 Å². The fourth-order valence-corrected chi connectivity index (χ4v) is 5.00. The van der Waals surface area contributed by atoms with Crippen molar-refractivity contribution in [1.29, 1.82) is 0 Å². The van der Waals surface area contributed by atoms with Gasteiger partial charge in [0.05, 0.1) is 24.5 Å². The van der Waals surface area contributed by atoms with Crippen LogP contribution in [-0.2, 0) is 4.74 Å². The molecule has 2 N–H and O–H groups in total. The highest BCUT2D eigenvalue weighted by Gasteiger charge is 2.35. The van der Waals surface area contributed by atoms with Gasteiger partial charge in [0.2, 0.25) is 16.7 Å². The quantitative estimate of drug-likeness (QED) is 0.533. The molecule has 4 heterocycles. The highest BCUT2D eigenvalue weighted by molar-refractivity contribution is 7.17. The van der Waals surface area contributed by atoms with Gasteiger partial charge < -0.3 is 19.2 Å². The summed E-state index contributed by atoms with van der Waals surface area (Å²) in [5, 5.41) is 16.1. The number of morpholine rings is 1. The fraction of sp³-hybridized carbons (Fsp3) is 0.263. The van der Waals surface area contributed by atoms with Crippen molar-refractivity contribution in [3.8, 4) is 17.5 Å². The van der Waals surface area contributed by atoms with Gasteiger partial charge in [-0.25, -0.2) is 0 Å². The van der Waals surface area contributed by atoms with E-state index in [2.05, 4.69) is 10.1 Å². The second kappa shape index (κ2) is 7.21. The van der Waals surface area contributed by atoms with Gasteiger partial charge >= 0.3 is 0 Å². The van der Waals surface area contributed by atoms with Crippen LogP contribution in [0.1, 0.15) is 16.5 Å². The van der Waals surface area contributed by atoms with Crippen LogP contribution in [0, 0.1) is 0 Å². The zero-order chi connectivity index (χ0) is 19.1. The maximum atomic E-state index is 11.0. The van der Waals surface area contributed by atoms with Crippen molar-refractivity contribution in [1.82, 2.24) is 14.6 Å². The van der Waals surface area contributed by atoms with Gasteiger partial charge in [0.25, 0.3) is 0 Å². The Kier molecular flexibility index (Phi) is 4.56. The van der Waals surface area contributed by atoms with Gasteiger partial charge in [-0.2, -0.15) is 9.50 Å². The van der Waals surface area contributed by atoms with Crippen LogP contribution in [0.2, 0.25) is 5.02 Å². The number of hydrogen-bond donors (Lipinski definition) is 2. The molecule has 0 radical (unpaired) electrons. The Labute approximate surface area is 169 Å². The number of nitrogens with zero attached hydrogens (tertiary/aromatic N) is 3. The van der Waals surface area contributed by atoms with Gasteiger partial charge in [-0.1, -0.05) is 41.1 Å². The summed E-state index contributed by atoms with van der Waals surface area (Å²) in [5.74, 6) is 1.11. The number of thiazole rings is 1. The Morgan fingerprint density at radius 1 is 1.18 bits per heavy atom. The molecule has 0 amide bonds. The van der Waals surface area contributed by atoms with Gasteiger partial charge in [0.1, 0.15) is 18.0 Å². The molecule has 5 rings (SSSR count). The number of halogens is 1. The summed E-state index contributed by atoms with van der Waals surface area (Å²) in [7, 11) is 0. The lowest BCUT2D eigenvalue weighted by Crippen LogP contribution is -3.14. The Morgan fingerprint density at radius 2 is 2.00 bits per heavy atom. The van der Waals surface area contributed by atoms with Gasteiger partial charge in [0.15, 0.2) is 11.8 Å². The van der Waals surface area contributed by atoms with Crippen molar-refractivity contribution in [2.75, 3.05) is 26.3 Å². The lowest BCUT2D eigenvalue weighted by atomic mass is 10.0. The first-order valence-corrected chi connectivity index (χ1v) is 10.2. The third-order valence-corrected chi connectivity index (χ3v) is 6.39. The zero-order valence-corrected chi connectivity index (χ0v) is 16.4. The summed E-state index contributed by atoms with van der Waals surface area (Å²) < 4.78 is 12.4. The monoisotopic (exact) mass is 417 g/mol. The minimum absolute atomic E-state index is 0.0919. The average molecular weight is 418 g/mol. The van der Waals surface area contributed by atoms with Crippen LogP contribution < -0.4 is 4.90 Å². The van der Waals surface area contributed by atoms with Crippen LogP contribution in [-0.4, -0.2) is 46.0 Å². The number of aromatic hydroxyl groups is 1. The molecule has 7 nitrogen and oxygen atoms in total. The van der Waals surface area contributed by atoms with Crippen LogP contribution in [0.15, 0.2) is 47.1 Å². The maximum absolute atomic E-state index is 11.0. The van der Waals surface area contributed by atoms with Crippen LogP contribution in [0.5, 0.6) is 5.88 Å². The predicted molar refractivity (Wildman–Crippen MR) is 105 cm³/mol. The number of benzene rings is 1. The first kappa shape index (κ1) is 17.7.